The van der Waals surface area contributed by atoms with Crippen molar-refractivity contribution in [2.45, 2.75) is 13.5 Å². The fraction of sp³-hybridized carbons (Fsp3) is 0.308. The highest BCUT2D eigenvalue weighted by Gasteiger charge is 2.07. The Labute approximate surface area is 111 Å². The summed E-state index contributed by atoms with van der Waals surface area (Å²) in [6, 6.07) is 1.81. The Balaban J connectivity index is 3.02. The number of carboxylic acids is 1. The summed E-state index contributed by atoms with van der Waals surface area (Å²) in [5.41, 5.74) is 1.52. The third-order valence-corrected chi connectivity index (χ3v) is 2.58. The summed E-state index contributed by atoms with van der Waals surface area (Å²) < 4.78 is 0. The number of nitrogens with zero attached hydrogens (tertiary/aromatic N) is 2. The highest BCUT2D eigenvalue weighted by molar-refractivity contribution is 5.85. The molecule has 0 atom stereocenters. The van der Waals surface area contributed by atoms with Crippen LogP contribution in [0, 0.1) is 0 Å². The van der Waals surface area contributed by atoms with Gasteiger partial charge in [-0.1, -0.05) is 6.92 Å². The number of aliphatic carboxylic acids is 1. The number of rotatable bonds is 7. The first-order chi connectivity index (χ1) is 9.06. The number of anilines is 1. The molecule has 1 heterocycles. The molecule has 19 heavy (non-hydrogen) atoms. The van der Waals surface area contributed by atoms with Gasteiger partial charge in [0.15, 0.2) is 0 Å². The van der Waals surface area contributed by atoms with Crippen molar-refractivity contribution in [2.75, 3.05) is 18.9 Å². The molecule has 0 radical (unpaired) electrons. The van der Waals surface area contributed by atoms with Gasteiger partial charge in [0, 0.05) is 24.4 Å². The van der Waals surface area contributed by atoms with E-state index in [2.05, 4.69) is 15.2 Å². The highest BCUT2D eigenvalue weighted by Crippen LogP contribution is 2.16. The van der Waals surface area contributed by atoms with Crippen LogP contribution in [0.4, 0.5) is 5.82 Å². The van der Waals surface area contributed by atoms with Crippen LogP contribution in [0.2, 0.25) is 0 Å². The van der Waals surface area contributed by atoms with Crippen LogP contribution in [0.15, 0.2) is 18.3 Å². The molecule has 0 aliphatic heterocycles. The van der Waals surface area contributed by atoms with Crippen LogP contribution < -0.4 is 5.32 Å². The maximum Gasteiger partial charge on any atom is 0.328 e. The van der Waals surface area contributed by atoms with E-state index in [0.29, 0.717) is 24.3 Å². The van der Waals surface area contributed by atoms with E-state index in [-0.39, 0.29) is 0 Å². The van der Waals surface area contributed by atoms with E-state index in [0.717, 1.165) is 18.2 Å². The summed E-state index contributed by atoms with van der Waals surface area (Å²) in [6.07, 6.45) is 4.61. The number of amides is 1. The minimum Gasteiger partial charge on any atom is -0.478 e. The molecule has 1 rings (SSSR count). The Morgan fingerprint density at radius 1 is 1.58 bits per heavy atom. The predicted molar refractivity (Wildman–Crippen MR) is 72.6 cm³/mol. The second-order valence-corrected chi connectivity index (χ2v) is 4.04. The zero-order valence-corrected chi connectivity index (χ0v) is 11.0. The van der Waals surface area contributed by atoms with Gasteiger partial charge in [-0.15, -0.1) is 0 Å². The lowest BCUT2D eigenvalue weighted by molar-refractivity contribution is -0.131. The fourth-order valence-corrected chi connectivity index (χ4v) is 1.50. The molecule has 6 nitrogen and oxygen atoms in total. The summed E-state index contributed by atoms with van der Waals surface area (Å²) in [6.45, 7) is 3.50. The van der Waals surface area contributed by atoms with E-state index in [4.69, 9.17) is 5.11 Å². The Hall–Kier alpha value is -2.21. The number of carbonyl (C=O) groups excluding carboxylic acids is 1. The Morgan fingerprint density at radius 2 is 2.32 bits per heavy atom. The molecule has 1 amide bonds. The first-order valence-corrected chi connectivity index (χ1v) is 5.85. The summed E-state index contributed by atoms with van der Waals surface area (Å²) in [5, 5.41) is 11.1. The molecule has 1 aromatic rings. The molecule has 0 aliphatic rings. The normalized spacial score (nSPS) is 10.9. The highest BCUT2D eigenvalue weighted by atomic mass is 16.4. The van der Waals surface area contributed by atoms with Gasteiger partial charge < -0.3 is 15.3 Å². The molecule has 0 spiro atoms. The Kier molecular flexibility index (Phi) is 5.69. The first-order valence-electron chi connectivity index (χ1n) is 5.85. The van der Waals surface area contributed by atoms with Crippen molar-refractivity contribution in [3.8, 4) is 0 Å². The molecule has 0 fully saturated rings. The minimum absolute atomic E-state index is 0.489. The molecule has 2 N–H and O–H groups in total. The number of aromatic nitrogens is 1. The quantitative estimate of drug-likeness (QED) is 0.570. The molecule has 0 bridgehead atoms. The first kappa shape index (κ1) is 14.8. The number of hydrogen-bond donors (Lipinski definition) is 2. The van der Waals surface area contributed by atoms with Crippen LogP contribution in [-0.2, 0) is 16.1 Å². The van der Waals surface area contributed by atoms with Crippen molar-refractivity contribution in [3.05, 3.63) is 29.5 Å². The van der Waals surface area contributed by atoms with E-state index < -0.39 is 5.97 Å². The van der Waals surface area contributed by atoms with E-state index >= 15 is 0 Å². The van der Waals surface area contributed by atoms with E-state index in [1.165, 1.54) is 12.3 Å². The van der Waals surface area contributed by atoms with Crippen molar-refractivity contribution in [1.29, 1.82) is 0 Å². The third-order valence-electron chi connectivity index (χ3n) is 2.58. The van der Waals surface area contributed by atoms with E-state index in [9.17, 15) is 9.59 Å². The number of carbonyl (C=O) groups is 2. The standard InChI is InChI=1S/C13H17N3O3/c1-3-16(2)8-11-6-10(4-5-12(18)19)7-14-13(11)15-9-17/h4-7,9H,3,8H2,1-2H3,(H,18,19)(H,14,15,17)/b5-4+. The number of pyridine rings is 1. The van der Waals surface area contributed by atoms with Crippen LogP contribution in [-0.4, -0.2) is 41.0 Å². The third kappa shape index (κ3) is 4.89. The van der Waals surface area contributed by atoms with Gasteiger partial charge in [-0.2, -0.15) is 0 Å². The van der Waals surface area contributed by atoms with Gasteiger partial charge in [0.2, 0.25) is 6.41 Å². The number of carboxylic acid groups (broad SMARTS) is 1. The molecule has 0 saturated heterocycles. The molecular formula is C13H17N3O3. The summed E-state index contributed by atoms with van der Waals surface area (Å²) >= 11 is 0. The lowest BCUT2D eigenvalue weighted by atomic mass is 10.1. The predicted octanol–water partition coefficient (Wildman–Crippen LogP) is 1.20. The molecule has 0 aromatic carbocycles. The maximum atomic E-state index is 10.5. The van der Waals surface area contributed by atoms with Crippen LogP contribution in [0.1, 0.15) is 18.1 Å². The van der Waals surface area contributed by atoms with Crippen molar-refractivity contribution in [3.63, 3.8) is 0 Å². The number of hydrogen-bond acceptors (Lipinski definition) is 4. The molecule has 102 valence electrons. The topological polar surface area (TPSA) is 82.5 Å². The van der Waals surface area contributed by atoms with Gasteiger partial charge in [0.25, 0.3) is 0 Å². The summed E-state index contributed by atoms with van der Waals surface area (Å²) in [7, 11) is 1.95. The molecular weight excluding hydrogens is 246 g/mol. The Bertz CT molecular complexity index is 486. The molecule has 6 heteroatoms. The van der Waals surface area contributed by atoms with Gasteiger partial charge in [-0.05, 0) is 31.3 Å². The summed E-state index contributed by atoms with van der Waals surface area (Å²) in [4.78, 5) is 27.2. The molecule has 0 unspecified atom stereocenters. The summed E-state index contributed by atoms with van der Waals surface area (Å²) in [5.74, 6) is -0.523. The van der Waals surface area contributed by atoms with Gasteiger partial charge in [-0.3, -0.25) is 4.79 Å². The lowest BCUT2D eigenvalue weighted by Gasteiger charge is -2.16. The van der Waals surface area contributed by atoms with Crippen molar-refractivity contribution < 1.29 is 14.7 Å². The minimum atomic E-state index is -1.01. The zero-order chi connectivity index (χ0) is 14.3. The van der Waals surface area contributed by atoms with Gasteiger partial charge in [0.05, 0.1) is 0 Å². The van der Waals surface area contributed by atoms with Crippen LogP contribution in [0.5, 0.6) is 0 Å². The monoisotopic (exact) mass is 263 g/mol. The molecule has 0 saturated carbocycles. The average molecular weight is 263 g/mol. The maximum absolute atomic E-state index is 10.5. The van der Waals surface area contributed by atoms with Gasteiger partial charge in [0.1, 0.15) is 5.82 Å². The zero-order valence-electron chi connectivity index (χ0n) is 11.0. The van der Waals surface area contributed by atoms with E-state index in [1.807, 2.05) is 20.0 Å². The number of nitrogens with one attached hydrogen (secondary N) is 1. The average Bonchev–Trinajstić information content (AvgIpc) is 2.39. The molecule has 0 aliphatic carbocycles. The van der Waals surface area contributed by atoms with Crippen molar-refractivity contribution in [1.82, 2.24) is 9.88 Å². The van der Waals surface area contributed by atoms with Gasteiger partial charge >= 0.3 is 5.97 Å². The fourth-order valence-electron chi connectivity index (χ4n) is 1.50. The van der Waals surface area contributed by atoms with E-state index in [1.54, 1.807) is 0 Å². The van der Waals surface area contributed by atoms with Gasteiger partial charge in [-0.25, -0.2) is 9.78 Å². The van der Waals surface area contributed by atoms with Crippen molar-refractivity contribution in [2.24, 2.45) is 0 Å². The lowest BCUT2D eigenvalue weighted by Crippen LogP contribution is -2.18. The second kappa shape index (κ2) is 7.27. The van der Waals surface area contributed by atoms with Crippen LogP contribution >= 0.6 is 0 Å². The smallest absolute Gasteiger partial charge is 0.328 e. The van der Waals surface area contributed by atoms with Crippen molar-refractivity contribution >= 4 is 24.3 Å². The van der Waals surface area contributed by atoms with Crippen LogP contribution in [0.3, 0.4) is 0 Å². The largest absolute Gasteiger partial charge is 0.478 e. The van der Waals surface area contributed by atoms with Crippen LogP contribution in [0.25, 0.3) is 6.08 Å². The Morgan fingerprint density at radius 3 is 2.89 bits per heavy atom. The molecule has 1 aromatic heterocycles. The SMILES string of the molecule is CCN(C)Cc1cc(/C=C/C(=O)O)cnc1NC=O. The second-order valence-electron chi connectivity index (χ2n) is 4.04.